The number of hydrogen-bond donors (Lipinski definition) is 1. The summed E-state index contributed by atoms with van der Waals surface area (Å²) < 4.78 is 5.49. The summed E-state index contributed by atoms with van der Waals surface area (Å²) in [7, 11) is 0. The van der Waals surface area contributed by atoms with Crippen LogP contribution in [0.5, 0.6) is 0 Å². The van der Waals surface area contributed by atoms with Gasteiger partial charge in [-0.25, -0.2) is 9.97 Å². The predicted molar refractivity (Wildman–Crippen MR) is 81.7 cm³/mol. The van der Waals surface area contributed by atoms with Gasteiger partial charge in [0.05, 0.1) is 6.10 Å². The Kier molecular flexibility index (Phi) is 4.97. The van der Waals surface area contributed by atoms with Crippen LogP contribution in [0.2, 0.25) is 0 Å². The van der Waals surface area contributed by atoms with Gasteiger partial charge in [0, 0.05) is 36.6 Å². The largest absolute Gasteiger partial charge is 0.376 e. The second kappa shape index (κ2) is 7.33. The summed E-state index contributed by atoms with van der Waals surface area (Å²) in [5.74, 6) is -0.188. The van der Waals surface area contributed by atoms with Crippen molar-refractivity contribution in [1.29, 1.82) is 0 Å². The molecule has 0 bridgehead atoms. The normalized spacial score (nSPS) is 17.4. The molecule has 0 aromatic carbocycles. The molecule has 3 heterocycles. The molecular formula is C15H16N4O2S. The van der Waals surface area contributed by atoms with Gasteiger partial charge < -0.3 is 10.1 Å². The van der Waals surface area contributed by atoms with Crippen molar-refractivity contribution in [2.45, 2.75) is 29.0 Å². The average molecular weight is 316 g/mol. The van der Waals surface area contributed by atoms with E-state index >= 15 is 0 Å². The average Bonchev–Trinajstić information content (AvgIpc) is 3.07. The van der Waals surface area contributed by atoms with E-state index < -0.39 is 0 Å². The van der Waals surface area contributed by atoms with Crippen molar-refractivity contribution in [3.63, 3.8) is 0 Å². The number of nitrogens with zero attached hydrogens (tertiary/aromatic N) is 3. The van der Waals surface area contributed by atoms with Crippen molar-refractivity contribution in [3.05, 3.63) is 42.5 Å². The summed E-state index contributed by atoms with van der Waals surface area (Å²) in [5, 5.41) is 3.50. The molecule has 2 aromatic heterocycles. The van der Waals surface area contributed by atoms with Gasteiger partial charge in [-0.2, -0.15) is 0 Å². The van der Waals surface area contributed by atoms with Crippen LogP contribution in [0, 0.1) is 0 Å². The Morgan fingerprint density at radius 3 is 2.95 bits per heavy atom. The third-order valence-corrected chi connectivity index (χ3v) is 4.11. The molecule has 0 unspecified atom stereocenters. The number of aromatic nitrogens is 3. The minimum absolute atomic E-state index is 0.124. The maximum absolute atomic E-state index is 12.1. The molecule has 1 aliphatic heterocycles. The Morgan fingerprint density at radius 2 is 2.18 bits per heavy atom. The number of carbonyl (C=O) groups excluding carboxylic acids is 1. The maximum atomic E-state index is 12.1. The van der Waals surface area contributed by atoms with Gasteiger partial charge in [0.25, 0.3) is 5.91 Å². The Balaban J connectivity index is 1.61. The van der Waals surface area contributed by atoms with Gasteiger partial charge in [0.2, 0.25) is 0 Å². The Bertz CT molecular complexity index is 632. The number of hydrogen-bond acceptors (Lipinski definition) is 6. The first-order valence-electron chi connectivity index (χ1n) is 7.12. The zero-order valence-corrected chi connectivity index (χ0v) is 12.8. The maximum Gasteiger partial charge on any atom is 0.270 e. The van der Waals surface area contributed by atoms with E-state index in [0.717, 1.165) is 24.3 Å². The number of amides is 1. The van der Waals surface area contributed by atoms with Crippen molar-refractivity contribution in [2.24, 2.45) is 0 Å². The smallest absolute Gasteiger partial charge is 0.270 e. The van der Waals surface area contributed by atoms with Gasteiger partial charge in [-0.1, -0.05) is 0 Å². The second-order valence-corrected chi connectivity index (χ2v) is 5.90. The van der Waals surface area contributed by atoms with E-state index in [0.29, 0.717) is 17.4 Å². The summed E-state index contributed by atoms with van der Waals surface area (Å²) in [5.41, 5.74) is 0.388. The monoisotopic (exact) mass is 316 g/mol. The van der Waals surface area contributed by atoms with E-state index in [4.69, 9.17) is 4.74 Å². The molecule has 0 spiro atoms. The molecular weight excluding hydrogens is 300 g/mol. The molecule has 22 heavy (non-hydrogen) atoms. The molecule has 7 heteroatoms. The first kappa shape index (κ1) is 14.9. The van der Waals surface area contributed by atoms with Crippen LogP contribution < -0.4 is 5.32 Å². The van der Waals surface area contributed by atoms with E-state index in [1.165, 1.54) is 11.8 Å². The molecule has 6 nitrogen and oxygen atoms in total. The lowest BCUT2D eigenvalue weighted by Gasteiger charge is -2.10. The van der Waals surface area contributed by atoms with Gasteiger partial charge in [0.1, 0.15) is 5.69 Å². The highest BCUT2D eigenvalue weighted by atomic mass is 32.2. The lowest BCUT2D eigenvalue weighted by atomic mass is 10.2. The molecule has 1 aliphatic rings. The van der Waals surface area contributed by atoms with Gasteiger partial charge in [0.15, 0.2) is 5.16 Å². The summed E-state index contributed by atoms with van der Waals surface area (Å²) in [4.78, 5) is 25.4. The van der Waals surface area contributed by atoms with Gasteiger partial charge in [-0.15, -0.1) is 0 Å². The number of carbonyl (C=O) groups is 1. The van der Waals surface area contributed by atoms with Crippen molar-refractivity contribution < 1.29 is 9.53 Å². The molecule has 2 aromatic rings. The van der Waals surface area contributed by atoms with E-state index in [1.54, 1.807) is 30.7 Å². The molecule has 1 fully saturated rings. The first-order valence-corrected chi connectivity index (χ1v) is 7.93. The predicted octanol–water partition coefficient (Wildman–Crippen LogP) is 1.93. The second-order valence-electron chi connectivity index (χ2n) is 4.86. The van der Waals surface area contributed by atoms with E-state index in [2.05, 4.69) is 20.3 Å². The van der Waals surface area contributed by atoms with E-state index in [-0.39, 0.29) is 12.0 Å². The van der Waals surface area contributed by atoms with Crippen molar-refractivity contribution >= 4 is 17.7 Å². The third kappa shape index (κ3) is 4.02. The van der Waals surface area contributed by atoms with E-state index in [9.17, 15) is 4.79 Å². The topological polar surface area (TPSA) is 77.0 Å². The highest BCUT2D eigenvalue weighted by Crippen LogP contribution is 2.23. The standard InChI is InChI=1S/C15H16N4O2S/c20-14(19-10-11-3-1-8-21-11)13-9-12(4-7-16-13)22-15-17-5-2-6-18-15/h2,4-7,9,11H,1,3,8,10H2,(H,19,20)/t11-/m1/s1. The minimum Gasteiger partial charge on any atom is -0.376 e. The minimum atomic E-state index is -0.188. The Morgan fingerprint density at radius 1 is 1.32 bits per heavy atom. The number of nitrogens with one attached hydrogen (secondary N) is 1. The summed E-state index contributed by atoms with van der Waals surface area (Å²) in [6.45, 7) is 1.31. The molecule has 1 N–H and O–H groups in total. The fourth-order valence-electron chi connectivity index (χ4n) is 2.14. The summed E-state index contributed by atoms with van der Waals surface area (Å²) >= 11 is 1.40. The molecule has 1 saturated heterocycles. The summed E-state index contributed by atoms with van der Waals surface area (Å²) in [6, 6.07) is 5.34. The zero-order chi connectivity index (χ0) is 15.2. The summed E-state index contributed by atoms with van der Waals surface area (Å²) in [6.07, 6.45) is 7.17. The molecule has 114 valence electrons. The molecule has 3 rings (SSSR count). The quantitative estimate of drug-likeness (QED) is 0.849. The van der Waals surface area contributed by atoms with Crippen LogP contribution in [0.1, 0.15) is 23.3 Å². The van der Waals surface area contributed by atoms with Crippen LogP contribution in [0.3, 0.4) is 0 Å². The van der Waals surface area contributed by atoms with Crippen molar-refractivity contribution in [2.75, 3.05) is 13.2 Å². The van der Waals surface area contributed by atoms with Gasteiger partial charge >= 0.3 is 0 Å². The van der Waals surface area contributed by atoms with E-state index in [1.807, 2.05) is 6.07 Å². The fraction of sp³-hybridized carbons (Fsp3) is 0.333. The first-order chi connectivity index (χ1) is 10.8. The number of rotatable bonds is 5. The lowest BCUT2D eigenvalue weighted by molar-refractivity contribution is 0.0853. The molecule has 1 atom stereocenters. The van der Waals surface area contributed by atoms with Crippen LogP contribution in [0.4, 0.5) is 0 Å². The van der Waals surface area contributed by atoms with Gasteiger partial charge in [-0.3, -0.25) is 9.78 Å². The van der Waals surface area contributed by atoms with Crippen LogP contribution in [0.25, 0.3) is 0 Å². The lowest BCUT2D eigenvalue weighted by Crippen LogP contribution is -2.32. The number of pyridine rings is 1. The van der Waals surface area contributed by atoms with Crippen LogP contribution >= 0.6 is 11.8 Å². The SMILES string of the molecule is O=C(NC[C@H]1CCCO1)c1cc(Sc2ncccn2)ccn1. The van der Waals surface area contributed by atoms with Crippen molar-refractivity contribution in [3.8, 4) is 0 Å². The van der Waals surface area contributed by atoms with Crippen molar-refractivity contribution in [1.82, 2.24) is 20.3 Å². The third-order valence-electron chi connectivity index (χ3n) is 3.23. The highest BCUT2D eigenvalue weighted by Gasteiger charge is 2.17. The Hall–Kier alpha value is -1.99. The fourth-order valence-corrected chi connectivity index (χ4v) is 2.88. The molecule has 0 radical (unpaired) electrons. The highest BCUT2D eigenvalue weighted by molar-refractivity contribution is 7.99. The molecule has 0 aliphatic carbocycles. The molecule has 1 amide bonds. The number of ether oxygens (including phenoxy) is 1. The van der Waals surface area contributed by atoms with Crippen LogP contribution in [0.15, 0.2) is 46.8 Å². The Labute approximate surface area is 132 Å². The zero-order valence-electron chi connectivity index (χ0n) is 11.9. The molecule has 0 saturated carbocycles. The van der Waals surface area contributed by atoms with Gasteiger partial charge in [-0.05, 0) is 42.8 Å². The van der Waals surface area contributed by atoms with Crippen LogP contribution in [-0.4, -0.2) is 40.1 Å². The van der Waals surface area contributed by atoms with Crippen LogP contribution in [-0.2, 0) is 4.74 Å².